The first-order valence-electron chi connectivity index (χ1n) is 5.80. The Balaban J connectivity index is 0.000000370. The summed E-state index contributed by atoms with van der Waals surface area (Å²) in [4.78, 5) is 20.1. The van der Waals surface area contributed by atoms with E-state index in [9.17, 15) is 19.8 Å². The summed E-state index contributed by atoms with van der Waals surface area (Å²) in [6, 6.07) is 17.3. The van der Waals surface area contributed by atoms with E-state index in [0.717, 1.165) is 11.6 Å². The molecule has 0 fully saturated rings. The van der Waals surface area contributed by atoms with Crippen LogP contribution in [0.3, 0.4) is 0 Å². The van der Waals surface area contributed by atoms with Gasteiger partial charge in [-0.25, -0.2) is 0 Å². The van der Waals surface area contributed by atoms with Crippen molar-refractivity contribution in [3.8, 4) is 0 Å². The number of benzene rings is 2. The standard InChI is InChI=1S/C9H8O2.C7H6O2.Zn/c10-9(11)7-6-8-4-2-1-3-5-8;8-7(9)6-4-2-1-3-5-6;/h1-7H,(H,10,11);1-5H,(H,8,9);/q;;+2/p-2/b7-6+;;. The molecule has 0 aliphatic carbocycles. The molecule has 0 saturated carbocycles. The first-order valence-corrected chi connectivity index (χ1v) is 5.80. The molecule has 0 N–H and O–H groups in total. The van der Waals surface area contributed by atoms with Crippen LogP contribution in [0.5, 0.6) is 0 Å². The minimum atomic E-state index is -1.17. The molecule has 0 amide bonds. The molecule has 4 nitrogen and oxygen atoms in total. The summed E-state index contributed by atoms with van der Waals surface area (Å²) in [5, 5.41) is 20.1. The second kappa shape index (κ2) is 10.5. The zero-order valence-electron chi connectivity index (χ0n) is 11.3. The van der Waals surface area contributed by atoms with E-state index in [1.54, 1.807) is 18.2 Å². The zero-order chi connectivity index (χ0) is 14.8. The van der Waals surface area contributed by atoms with Crippen LogP contribution in [-0.4, -0.2) is 11.9 Å². The largest absolute Gasteiger partial charge is 2.00 e. The minimum absolute atomic E-state index is 0. The van der Waals surface area contributed by atoms with Gasteiger partial charge < -0.3 is 19.8 Å². The minimum Gasteiger partial charge on any atom is -0.545 e. The third-order valence-electron chi connectivity index (χ3n) is 2.22. The van der Waals surface area contributed by atoms with Crippen molar-refractivity contribution in [2.45, 2.75) is 0 Å². The fourth-order valence-corrected chi connectivity index (χ4v) is 1.30. The molecular formula is C16H12O4Zn. The molecule has 2 aromatic rings. The van der Waals surface area contributed by atoms with E-state index in [-0.39, 0.29) is 25.0 Å². The van der Waals surface area contributed by atoms with Crippen molar-refractivity contribution in [3.63, 3.8) is 0 Å². The topological polar surface area (TPSA) is 80.3 Å². The predicted octanol–water partition coefficient (Wildman–Crippen LogP) is 0.497. The molecule has 0 heterocycles. The fraction of sp³-hybridized carbons (Fsp3) is 0. The number of aromatic carboxylic acids is 1. The first-order chi connectivity index (χ1) is 9.59. The Morgan fingerprint density at radius 1 is 0.810 bits per heavy atom. The van der Waals surface area contributed by atoms with Gasteiger partial charge in [-0.2, -0.15) is 0 Å². The number of carboxylic acid groups (broad SMARTS) is 2. The van der Waals surface area contributed by atoms with Crippen molar-refractivity contribution in [1.82, 2.24) is 0 Å². The molecule has 0 aliphatic rings. The molecule has 0 bridgehead atoms. The van der Waals surface area contributed by atoms with Crippen molar-refractivity contribution in [2.24, 2.45) is 0 Å². The van der Waals surface area contributed by atoms with Gasteiger partial charge in [-0.3, -0.25) is 0 Å². The molecular weight excluding hydrogens is 322 g/mol. The molecule has 0 atom stereocenters. The zero-order valence-corrected chi connectivity index (χ0v) is 14.2. The molecule has 102 valence electrons. The Labute approximate surface area is 135 Å². The van der Waals surface area contributed by atoms with E-state index in [1.807, 2.05) is 30.3 Å². The van der Waals surface area contributed by atoms with Gasteiger partial charge in [-0.1, -0.05) is 66.7 Å². The molecule has 0 aliphatic heterocycles. The van der Waals surface area contributed by atoms with Crippen LogP contribution in [0.2, 0.25) is 0 Å². The van der Waals surface area contributed by atoms with E-state index in [1.165, 1.54) is 18.2 Å². The van der Waals surface area contributed by atoms with Gasteiger partial charge >= 0.3 is 19.5 Å². The maximum atomic E-state index is 10.1. The molecule has 0 saturated heterocycles. The van der Waals surface area contributed by atoms with Gasteiger partial charge in [0.05, 0.1) is 11.9 Å². The Morgan fingerprint density at radius 2 is 1.29 bits per heavy atom. The second-order valence-electron chi connectivity index (χ2n) is 3.72. The molecule has 0 spiro atoms. The maximum Gasteiger partial charge on any atom is 2.00 e. The number of carbonyl (C=O) groups excluding carboxylic acids is 2. The van der Waals surface area contributed by atoms with Crippen LogP contribution < -0.4 is 10.2 Å². The fourth-order valence-electron chi connectivity index (χ4n) is 1.30. The summed E-state index contributed by atoms with van der Waals surface area (Å²) < 4.78 is 0. The van der Waals surface area contributed by atoms with Gasteiger partial charge in [0.25, 0.3) is 0 Å². The maximum absolute atomic E-state index is 10.1. The normalized spacial score (nSPS) is 9.14. The van der Waals surface area contributed by atoms with E-state index in [2.05, 4.69) is 0 Å². The average molecular weight is 334 g/mol. The Bertz CT molecular complexity index is 580. The van der Waals surface area contributed by atoms with Crippen LogP contribution in [-0.2, 0) is 24.3 Å². The van der Waals surface area contributed by atoms with E-state index < -0.39 is 11.9 Å². The van der Waals surface area contributed by atoms with Crippen LogP contribution in [0.25, 0.3) is 6.08 Å². The Morgan fingerprint density at radius 3 is 1.67 bits per heavy atom. The van der Waals surface area contributed by atoms with Crippen molar-refractivity contribution >= 4 is 18.0 Å². The summed E-state index contributed by atoms with van der Waals surface area (Å²) in [6.07, 6.45) is 2.50. The van der Waals surface area contributed by atoms with Gasteiger partial charge in [-0.05, 0) is 17.2 Å². The molecule has 2 aromatic carbocycles. The first kappa shape index (κ1) is 18.7. The predicted molar refractivity (Wildman–Crippen MR) is 71.3 cm³/mol. The third kappa shape index (κ3) is 8.50. The van der Waals surface area contributed by atoms with Gasteiger partial charge in [0, 0.05) is 0 Å². The Kier molecular flexibility index (Phi) is 9.39. The molecule has 2 rings (SSSR count). The van der Waals surface area contributed by atoms with Gasteiger partial charge in [0.2, 0.25) is 0 Å². The van der Waals surface area contributed by atoms with Crippen molar-refractivity contribution in [3.05, 3.63) is 77.9 Å². The molecule has 0 radical (unpaired) electrons. The average Bonchev–Trinajstić information content (AvgIpc) is 2.48. The summed E-state index contributed by atoms with van der Waals surface area (Å²) >= 11 is 0. The number of hydrogen-bond donors (Lipinski definition) is 0. The van der Waals surface area contributed by atoms with Crippen LogP contribution in [0.15, 0.2) is 66.7 Å². The van der Waals surface area contributed by atoms with Crippen LogP contribution in [0.4, 0.5) is 0 Å². The number of hydrogen-bond acceptors (Lipinski definition) is 4. The van der Waals surface area contributed by atoms with Crippen molar-refractivity contribution < 1.29 is 39.3 Å². The van der Waals surface area contributed by atoms with E-state index in [4.69, 9.17) is 0 Å². The van der Waals surface area contributed by atoms with Gasteiger partial charge in [0.15, 0.2) is 0 Å². The van der Waals surface area contributed by atoms with Crippen LogP contribution >= 0.6 is 0 Å². The number of carboxylic acids is 2. The summed E-state index contributed by atoms with van der Waals surface area (Å²) in [6.45, 7) is 0. The van der Waals surface area contributed by atoms with Crippen LogP contribution in [0, 0.1) is 0 Å². The molecule has 0 unspecified atom stereocenters. The third-order valence-corrected chi connectivity index (χ3v) is 2.22. The van der Waals surface area contributed by atoms with Gasteiger partial charge in [0.1, 0.15) is 0 Å². The molecule has 0 aromatic heterocycles. The quantitative estimate of drug-likeness (QED) is 0.605. The van der Waals surface area contributed by atoms with E-state index >= 15 is 0 Å². The number of carbonyl (C=O) groups is 2. The molecule has 21 heavy (non-hydrogen) atoms. The van der Waals surface area contributed by atoms with Gasteiger partial charge in [-0.15, -0.1) is 0 Å². The van der Waals surface area contributed by atoms with Crippen molar-refractivity contribution in [1.29, 1.82) is 0 Å². The monoisotopic (exact) mass is 332 g/mol. The number of aliphatic carboxylic acids is 1. The summed E-state index contributed by atoms with van der Waals surface area (Å²) in [5.41, 5.74) is 1.08. The van der Waals surface area contributed by atoms with Crippen LogP contribution in [0.1, 0.15) is 15.9 Å². The molecule has 5 heteroatoms. The second-order valence-corrected chi connectivity index (χ2v) is 3.72. The number of rotatable bonds is 3. The Hall–Kier alpha value is -2.26. The smallest absolute Gasteiger partial charge is 0.545 e. The summed E-state index contributed by atoms with van der Waals surface area (Å²) in [7, 11) is 0. The van der Waals surface area contributed by atoms with Crippen molar-refractivity contribution in [2.75, 3.05) is 0 Å². The van der Waals surface area contributed by atoms with E-state index in [0.29, 0.717) is 0 Å². The summed E-state index contributed by atoms with van der Waals surface area (Å²) in [5.74, 6) is -2.30. The SMILES string of the molecule is O=C([O-])/C=C/c1ccccc1.O=C([O-])c1ccccc1.[Zn+2].